The van der Waals surface area contributed by atoms with Gasteiger partial charge in [-0.1, -0.05) is 6.07 Å². The SMILES string of the molecule is Cc1cccn(CC(N)C(=O)O)c1=O. The summed E-state index contributed by atoms with van der Waals surface area (Å²) in [5.74, 6) is -1.11. The number of pyridine rings is 1. The molecule has 0 saturated heterocycles. The molecule has 0 aliphatic rings. The molecule has 0 spiro atoms. The average molecular weight is 196 g/mol. The standard InChI is InChI=1S/C9H12N2O3/c1-6-3-2-4-11(8(6)12)5-7(10)9(13)14/h2-4,7H,5,10H2,1H3,(H,13,14). The normalized spacial score (nSPS) is 12.4. The van der Waals surface area contributed by atoms with Crippen LogP contribution in [-0.4, -0.2) is 21.7 Å². The third-order valence-electron chi connectivity index (χ3n) is 1.92. The largest absolute Gasteiger partial charge is 0.480 e. The molecule has 1 rings (SSSR count). The van der Waals surface area contributed by atoms with Crippen LogP contribution in [0, 0.1) is 6.92 Å². The molecule has 0 saturated carbocycles. The van der Waals surface area contributed by atoms with Crippen molar-refractivity contribution in [1.82, 2.24) is 4.57 Å². The number of carboxylic acids is 1. The summed E-state index contributed by atoms with van der Waals surface area (Å²) in [6.45, 7) is 1.67. The molecule has 76 valence electrons. The molecule has 5 nitrogen and oxygen atoms in total. The minimum absolute atomic E-state index is 0.00412. The fraction of sp³-hybridized carbons (Fsp3) is 0.333. The molecule has 5 heteroatoms. The van der Waals surface area contributed by atoms with Crippen molar-refractivity contribution < 1.29 is 9.90 Å². The Kier molecular flexibility index (Phi) is 3.03. The first-order valence-electron chi connectivity index (χ1n) is 4.17. The highest BCUT2D eigenvalue weighted by molar-refractivity contribution is 5.72. The Hall–Kier alpha value is -1.62. The van der Waals surface area contributed by atoms with Gasteiger partial charge in [-0.05, 0) is 13.0 Å². The highest BCUT2D eigenvalue weighted by atomic mass is 16.4. The number of aryl methyl sites for hydroxylation is 1. The van der Waals surface area contributed by atoms with Crippen LogP contribution < -0.4 is 11.3 Å². The van der Waals surface area contributed by atoms with Gasteiger partial charge in [0.15, 0.2) is 0 Å². The van der Waals surface area contributed by atoms with Gasteiger partial charge in [0.05, 0.1) is 6.54 Å². The zero-order valence-corrected chi connectivity index (χ0v) is 7.80. The van der Waals surface area contributed by atoms with Gasteiger partial charge in [-0.2, -0.15) is 0 Å². The van der Waals surface area contributed by atoms with Crippen molar-refractivity contribution >= 4 is 5.97 Å². The van der Waals surface area contributed by atoms with Crippen molar-refractivity contribution in [3.63, 3.8) is 0 Å². The highest BCUT2D eigenvalue weighted by Gasteiger charge is 2.12. The average Bonchev–Trinajstić information content (AvgIpc) is 2.12. The summed E-state index contributed by atoms with van der Waals surface area (Å²) >= 11 is 0. The van der Waals surface area contributed by atoms with Crippen LogP contribution in [0.3, 0.4) is 0 Å². The maximum absolute atomic E-state index is 11.4. The molecule has 0 aliphatic heterocycles. The van der Waals surface area contributed by atoms with Gasteiger partial charge in [0.1, 0.15) is 6.04 Å². The third-order valence-corrected chi connectivity index (χ3v) is 1.92. The predicted molar refractivity (Wildman–Crippen MR) is 51.1 cm³/mol. The monoisotopic (exact) mass is 196 g/mol. The minimum atomic E-state index is -1.11. The van der Waals surface area contributed by atoms with Crippen molar-refractivity contribution in [3.8, 4) is 0 Å². The molecule has 14 heavy (non-hydrogen) atoms. The number of hydrogen-bond acceptors (Lipinski definition) is 3. The van der Waals surface area contributed by atoms with Crippen LogP contribution in [0.2, 0.25) is 0 Å². The van der Waals surface area contributed by atoms with Crippen LogP contribution in [0.4, 0.5) is 0 Å². The number of carbonyl (C=O) groups is 1. The minimum Gasteiger partial charge on any atom is -0.480 e. The van der Waals surface area contributed by atoms with E-state index < -0.39 is 12.0 Å². The molecule has 1 atom stereocenters. The molecule has 0 aliphatic carbocycles. The smallest absolute Gasteiger partial charge is 0.322 e. The van der Waals surface area contributed by atoms with Crippen molar-refractivity contribution in [3.05, 3.63) is 34.2 Å². The van der Waals surface area contributed by atoms with E-state index in [4.69, 9.17) is 10.8 Å². The fourth-order valence-electron chi connectivity index (χ4n) is 1.09. The quantitative estimate of drug-likeness (QED) is 0.686. The van der Waals surface area contributed by atoms with E-state index in [1.165, 1.54) is 10.8 Å². The molecule has 1 heterocycles. The van der Waals surface area contributed by atoms with Gasteiger partial charge in [0, 0.05) is 11.8 Å². The summed E-state index contributed by atoms with van der Waals surface area (Å²) in [5, 5.41) is 8.56. The molecule has 1 aromatic rings. The second-order valence-electron chi connectivity index (χ2n) is 3.09. The lowest BCUT2D eigenvalue weighted by atomic mass is 10.2. The number of rotatable bonds is 3. The number of aromatic nitrogens is 1. The molecular weight excluding hydrogens is 184 g/mol. The Morgan fingerprint density at radius 1 is 1.71 bits per heavy atom. The van der Waals surface area contributed by atoms with Crippen LogP contribution in [-0.2, 0) is 11.3 Å². The number of aliphatic carboxylic acids is 1. The van der Waals surface area contributed by atoms with Crippen molar-refractivity contribution in [2.45, 2.75) is 19.5 Å². The van der Waals surface area contributed by atoms with E-state index in [-0.39, 0.29) is 12.1 Å². The van der Waals surface area contributed by atoms with E-state index >= 15 is 0 Å². The summed E-state index contributed by atoms with van der Waals surface area (Å²) in [5.41, 5.74) is 5.68. The van der Waals surface area contributed by atoms with Crippen LogP contribution >= 0.6 is 0 Å². The molecule has 0 fully saturated rings. The Morgan fingerprint density at radius 2 is 2.36 bits per heavy atom. The Balaban J connectivity index is 2.93. The topological polar surface area (TPSA) is 85.3 Å². The Bertz CT molecular complexity index is 397. The number of nitrogens with zero attached hydrogens (tertiary/aromatic N) is 1. The van der Waals surface area contributed by atoms with E-state index in [0.717, 1.165) is 0 Å². The van der Waals surface area contributed by atoms with Gasteiger partial charge in [-0.3, -0.25) is 9.59 Å². The van der Waals surface area contributed by atoms with Crippen LogP contribution in [0.1, 0.15) is 5.56 Å². The first kappa shape index (κ1) is 10.5. The van der Waals surface area contributed by atoms with Gasteiger partial charge < -0.3 is 15.4 Å². The van der Waals surface area contributed by atoms with Crippen LogP contribution in [0.5, 0.6) is 0 Å². The predicted octanol–water partition coefficient (Wildman–Crippen LogP) is -0.431. The van der Waals surface area contributed by atoms with E-state index in [1.807, 2.05) is 0 Å². The van der Waals surface area contributed by atoms with Crippen molar-refractivity contribution in [2.24, 2.45) is 5.73 Å². The second kappa shape index (κ2) is 4.06. The fourth-order valence-corrected chi connectivity index (χ4v) is 1.09. The number of carboxylic acid groups (broad SMARTS) is 1. The zero-order valence-electron chi connectivity index (χ0n) is 7.80. The summed E-state index contributed by atoms with van der Waals surface area (Å²) < 4.78 is 1.30. The summed E-state index contributed by atoms with van der Waals surface area (Å²) in [6, 6.07) is 2.31. The summed E-state index contributed by atoms with van der Waals surface area (Å²) in [4.78, 5) is 21.9. The molecule has 0 amide bonds. The second-order valence-corrected chi connectivity index (χ2v) is 3.09. The molecule has 1 aromatic heterocycles. The van der Waals surface area contributed by atoms with Crippen LogP contribution in [0.15, 0.2) is 23.1 Å². The van der Waals surface area contributed by atoms with E-state index in [2.05, 4.69) is 0 Å². The third kappa shape index (κ3) is 2.20. The van der Waals surface area contributed by atoms with E-state index in [9.17, 15) is 9.59 Å². The first-order chi connectivity index (χ1) is 6.52. The lowest BCUT2D eigenvalue weighted by Gasteiger charge is -2.09. The molecular formula is C9H12N2O3. The maximum Gasteiger partial charge on any atom is 0.322 e. The molecule has 0 aromatic carbocycles. The molecule has 0 bridgehead atoms. The van der Waals surface area contributed by atoms with Gasteiger partial charge in [-0.15, -0.1) is 0 Å². The molecule has 1 unspecified atom stereocenters. The van der Waals surface area contributed by atoms with E-state index in [0.29, 0.717) is 5.56 Å². The molecule has 3 N–H and O–H groups in total. The number of hydrogen-bond donors (Lipinski definition) is 2. The lowest BCUT2D eigenvalue weighted by molar-refractivity contribution is -0.138. The van der Waals surface area contributed by atoms with Gasteiger partial charge in [0.2, 0.25) is 0 Å². The Morgan fingerprint density at radius 3 is 2.93 bits per heavy atom. The Labute approximate surface area is 80.8 Å². The first-order valence-corrected chi connectivity index (χ1v) is 4.17. The van der Waals surface area contributed by atoms with Gasteiger partial charge in [0.25, 0.3) is 5.56 Å². The lowest BCUT2D eigenvalue weighted by Crippen LogP contribution is -2.38. The van der Waals surface area contributed by atoms with Gasteiger partial charge >= 0.3 is 5.97 Å². The van der Waals surface area contributed by atoms with Crippen molar-refractivity contribution in [1.29, 1.82) is 0 Å². The summed E-state index contributed by atoms with van der Waals surface area (Å²) in [7, 11) is 0. The summed E-state index contributed by atoms with van der Waals surface area (Å²) in [6.07, 6.45) is 1.53. The van der Waals surface area contributed by atoms with Gasteiger partial charge in [-0.25, -0.2) is 0 Å². The van der Waals surface area contributed by atoms with E-state index in [1.54, 1.807) is 19.1 Å². The highest BCUT2D eigenvalue weighted by Crippen LogP contribution is 1.91. The zero-order chi connectivity index (χ0) is 10.7. The molecule has 0 radical (unpaired) electrons. The van der Waals surface area contributed by atoms with Crippen LogP contribution in [0.25, 0.3) is 0 Å². The van der Waals surface area contributed by atoms with Crippen molar-refractivity contribution in [2.75, 3.05) is 0 Å². The maximum atomic E-state index is 11.4. The number of nitrogens with two attached hydrogens (primary N) is 1.